The van der Waals surface area contributed by atoms with Gasteiger partial charge in [-0.3, -0.25) is 9.48 Å². The summed E-state index contributed by atoms with van der Waals surface area (Å²) in [5.74, 6) is 1.40. The predicted octanol–water partition coefficient (Wildman–Crippen LogP) is 2.27. The van der Waals surface area contributed by atoms with Gasteiger partial charge in [0.2, 0.25) is 5.89 Å². The second-order valence-corrected chi connectivity index (χ2v) is 7.16. The molecule has 3 rings (SSSR count). The highest BCUT2D eigenvalue weighted by atomic mass is 16.5. The molecule has 3 heterocycles. The Morgan fingerprint density at radius 2 is 2.09 bits per heavy atom. The molecular formula is C16H23N5O2. The summed E-state index contributed by atoms with van der Waals surface area (Å²) in [6.45, 7) is 11.2. The summed E-state index contributed by atoms with van der Waals surface area (Å²) in [4.78, 5) is 18.9. The fourth-order valence-corrected chi connectivity index (χ4v) is 2.81. The molecule has 7 nitrogen and oxygen atoms in total. The fraction of sp³-hybridized carbons (Fsp3) is 0.625. The van der Waals surface area contributed by atoms with Gasteiger partial charge in [-0.25, -0.2) is 0 Å². The van der Waals surface area contributed by atoms with Crippen molar-refractivity contribution in [2.24, 2.45) is 0 Å². The van der Waals surface area contributed by atoms with E-state index in [-0.39, 0.29) is 17.4 Å². The van der Waals surface area contributed by atoms with E-state index >= 15 is 0 Å². The zero-order valence-electron chi connectivity index (χ0n) is 14.3. The molecule has 1 amide bonds. The molecule has 0 N–H and O–H groups in total. The SMILES string of the molecule is Cc1noc([C@H]2CCN(C(=O)c3cn(C(C)(C)C)nc3C)C2)n1. The first kappa shape index (κ1) is 15.7. The Morgan fingerprint density at radius 3 is 2.65 bits per heavy atom. The highest BCUT2D eigenvalue weighted by Crippen LogP contribution is 2.27. The average Bonchev–Trinajstić information content (AvgIpc) is 3.15. The summed E-state index contributed by atoms with van der Waals surface area (Å²) in [6.07, 6.45) is 2.70. The third-order valence-corrected chi connectivity index (χ3v) is 4.18. The molecule has 2 aromatic rings. The number of aryl methyl sites for hydroxylation is 2. The van der Waals surface area contributed by atoms with Gasteiger partial charge in [-0.2, -0.15) is 10.1 Å². The molecule has 0 radical (unpaired) electrons. The van der Waals surface area contributed by atoms with Gasteiger partial charge >= 0.3 is 0 Å². The first-order chi connectivity index (χ1) is 10.8. The number of hydrogen-bond donors (Lipinski definition) is 0. The van der Waals surface area contributed by atoms with Crippen LogP contribution in [-0.2, 0) is 5.54 Å². The minimum absolute atomic E-state index is 0.0248. The minimum Gasteiger partial charge on any atom is -0.339 e. The number of carbonyl (C=O) groups excluding carboxylic acids is 1. The first-order valence-corrected chi connectivity index (χ1v) is 7.92. The molecule has 1 fully saturated rings. The summed E-state index contributed by atoms with van der Waals surface area (Å²) in [7, 11) is 0. The van der Waals surface area contributed by atoms with E-state index in [1.54, 1.807) is 6.92 Å². The van der Waals surface area contributed by atoms with Crippen molar-refractivity contribution < 1.29 is 9.32 Å². The monoisotopic (exact) mass is 317 g/mol. The molecule has 2 aromatic heterocycles. The van der Waals surface area contributed by atoms with E-state index in [1.165, 1.54) is 0 Å². The normalized spacial score (nSPS) is 18.7. The third-order valence-electron chi connectivity index (χ3n) is 4.18. The van der Waals surface area contributed by atoms with Crippen LogP contribution in [0.3, 0.4) is 0 Å². The van der Waals surface area contributed by atoms with Gasteiger partial charge in [-0.15, -0.1) is 0 Å². The Balaban J connectivity index is 1.76. The molecule has 1 aliphatic rings. The smallest absolute Gasteiger partial charge is 0.257 e. The van der Waals surface area contributed by atoms with Crippen molar-refractivity contribution in [3.8, 4) is 0 Å². The summed E-state index contributed by atoms with van der Waals surface area (Å²) in [5.41, 5.74) is 1.29. The highest BCUT2D eigenvalue weighted by Gasteiger charge is 2.33. The second-order valence-electron chi connectivity index (χ2n) is 7.16. The Morgan fingerprint density at radius 1 is 1.35 bits per heavy atom. The standard InChI is InChI=1S/C16H23N5O2/c1-10-13(9-21(18-10)16(3,4)5)15(22)20-7-6-12(8-20)14-17-11(2)19-23-14/h9,12H,6-8H2,1-5H3/t12-/m0/s1. The lowest BCUT2D eigenvalue weighted by molar-refractivity contribution is 0.0788. The van der Waals surface area contributed by atoms with Gasteiger partial charge in [-0.1, -0.05) is 5.16 Å². The largest absolute Gasteiger partial charge is 0.339 e. The quantitative estimate of drug-likeness (QED) is 0.849. The molecule has 0 aromatic carbocycles. The number of aromatic nitrogens is 4. The number of rotatable bonds is 2. The van der Waals surface area contributed by atoms with Gasteiger partial charge in [0.1, 0.15) is 0 Å². The van der Waals surface area contributed by atoms with Crippen LogP contribution in [-0.4, -0.2) is 43.8 Å². The van der Waals surface area contributed by atoms with Crippen LogP contribution in [0.4, 0.5) is 0 Å². The number of amides is 1. The van der Waals surface area contributed by atoms with Crippen molar-refractivity contribution in [1.29, 1.82) is 0 Å². The topological polar surface area (TPSA) is 77.0 Å². The lowest BCUT2D eigenvalue weighted by Crippen LogP contribution is -2.29. The van der Waals surface area contributed by atoms with Gasteiger partial charge in [0.05, 0.1) is 22.7 Å². The van der Waals surface area contributed by atoms with Crippen LogP contribution in [0.25, 0.3) is 0 Å². The van der Waals surface area contributed by atoms with Crippen LogP contribution < -0.4 is 0 Å². The Labute approximate surface area is 135 Å². The molecule has 0 bridgehead atoms. The van der Waals surface area contributed by atoms with E-state index < -0.39 is 0 Å². The molecular weight excluding hydrogens is 294 g/mol. The first-order valence-electron chi connectivity index (χ1n) is 7.92. The molecule has 23 heavy (non-hydrogen) atoms. The number of nitrogens with zero attached hydrogens (tertiary/aromatic N) is 5. The van der Waals surface area contributed by atoms with Gasteiger partial charge in [0.15, 0.2) is 5.82 Å². The Bertz CT molecular complexity index is 725. The maximum Gasteiger partial charge on any atom is 0.257 e. The van der Waals surface area contributed by atoms with Crippen LogP contribution >= 0.6 is 0 Å². The Kier molecular flexibility index (Phi) is 3.74. The molecule has 0 saturated carbocycles. The molecule has 7 heteroatoms. The van der Waals surface area contributed by atoms with E-state index in [2.05, 4.69) is 36.0 Å². The van der Waals surface area contributed by atoms with Crippen molar-refractivity contribution in [1.82, 2.24) is 24.8 Å². The number of carbonyl (C=O) groups is 1. The van der Waals surface area contributed by atoms with E-state index in [1.807, 2.05) is 22.7 Å². The van der Waals surface area contributed by atoms with Crippen molar-refractivity contribution in [2.75, 3.05) is 13.1 Å². The Hall–Kier alpha value is -2.18. The van der Waals surface area contributed by atoms with E-state index in [0.717, 1.165) is 12.1 Å². The number of hydrogen-bond acceptors (Lipinski definition) is 5. The minimum atomic E-state index is -0.141. The van der Waals surface area contributed by atoms with E-state index in [4.69, 9.17) is 4.52 Å². The summed E-state index contributed by atoms with van der Waals surface area (Å²) >= 11 is 0. The maximum absolute atomic E-state index is 12.8. The van der Waals surface area contributed by atoms with Gasteiger partial charge in [0, 0.05) is 19.3 Å². The lowest BCUT2D eigenvalue weighted by atomic mass is 10.1. The van der Waals surface area contributed by atoms with Crippen LogP contribution in [0.15, 0.2) is 10.7 Å². The fourth-order valence-electron chi connectivity index (χ4n) is 2.81. The van der Waals surface area contributed by atoms with Crippen molar-refractivity contribution in [2.45, 2.75) is 52.5 Å². The van der Waals surface area contributed by atoms with Crippen molar-refractivity contribution in [3.63, 3.8) is 0 Å². The average molecular weight is 317 g/mol. The molecule has 0 aliphatic carbocycles. The summed E-state index contributed by atoms with van der Waals surface area (Å²) in [6, 6.07) is 0. The molecule has 1 aliphatic heterocycles. The van der Waals surface area contributed by atoms with Crippen molar-refractivity contribution in [3.05, 3.63) is 29.2 Å². The highest BCUT2D eigenvalue weighted by molar-refractivity contribution is 5.95. The summed E-state index contributed by atoms with van der Waals surface area (Å²) in [5, 5.41) is 8.31. The lowest BCUT2D eigenvalue weighted by Gasteiger charge is -2.19. The van der Waals surface area contributed by atoms with Gasteiger partial charge < -0.3 is 9.42 Å². The maximum atomic E-state index is 12.8. The second kappa shape index (κ2) is 5.47. The van der Waals surface area contributed by atoms with Gasteiger partial charge in [0.25, 0.3) is 5.91 Å². The van der Waals surface area contributed by atoms with Crippen LogP contribution in [0.2, 0.25) is 0 Å². The predicted molar refractivity (Wildman–Crippen MR) is 84.3 cm³/mol. The zero-order valence-corrected chi connectivity index (χ0v) is 14.3. The summed E-state index contributed by atoms with van der Waals surface area (Å²) < 4.78 is 7.09. The molecule has 1 saturated heterocycles. The van der Waals surface area contributed by atoms with Crippen molar-refractivity contribution >= 4 is 5.91 Å². The number of likely N-dealkylation sites (tertiary alicyclic amines) is 1. The van der Waals surface area contributed by atoms with Crippen LogP contribution in [0.5, 0.6) is 0 Å². The molecule has 124 valence electrons. The molecule has 0 spiro atoms. The van der Waals surface area contributed by atoms with Gasteiger partial charge in [-0.05, 0) is 41.0 Å². The molecule has 1 atom stereocenters. The molecule has 0 unspecified atom stereocenters. The van der Waals surface area contributed by atoms with Crippen LogP contribution in [0.1, 0.15) is 60.9 Å². The van der Waals surface area contributed by atoms with E-state index in [9.17, 15) is 4.79 Å². The zero-order chi connectivity index (χ0) is 16.8. The third kappa shape index (κ3) is 3.00. The van der Waals surface area contributed by atoms with E-state index in [0.29, 0.717) is 30.4 Å². The van der Waals surface area contributed by atoms with Crippen LogP contribution in [0, 0.1) is 13.8 Å².